The van der Waals surface area contributed by atoms with Crippen LogP contribution in [0, 0.1) is 5.92 Å². The molecule has 1 spiro atoms. The van der Waals surface area contributed by atoms with Crippen molar-refractivity contribution < 1.29 is 14.6 Å². The molecule has 1 N–H and O–H groups in total. The third kappa shape index (κ3) is 2.54. The fraction of sp³-hybridized carbons (Fsp3) is 0.625. The van der Waals surface area contributed by atoms with Crippen LogP contribution < -0.4 is 4.74 Å². The second-order valence-electron chi connectivity index (χ2n) is 6.29. The Hall–Kier alpha value is -0.770. The third-order valence-electron chi connectivity index (χ3n) is 4.43. The van der Waals surface area contributed by atoms with Gasteiger partial charge in [0.2, 0.25) is 0 Å². The first-order valence-corrected chi connectivity index (χ1v) is 7.65. The highest BCUT2D eigenvalue weighted by Gasteiger charge is 2.45. The average Bonchev–Trinajstić information content (AvgIpc) is 2.40. The summed E-state index contributed by atoms with van der Waals surface area (Å²) >= 11 is 6.00. The van der Waals surface area contributed by atoms with Crippen LogP contribution in [0.2, 0.25) is 5.02 Å². The topological polar surface area (TPSA) is 38.7 Å². The second-order valence-corrected chi connectivity index (χ2v) is 6.73. The maximum Gasteiger partial charge on any atom is 0.126 e. The van der Waals surface area contributed by atoms with Crippen LogP contribution in [0.25, 0.3) is 0 Å². The van der Waals surface area contributed by atoms with Gasteiger partial charge < -0.3 is 14.6 Å². The van der Waals surface area contributed by atoms with Gasteiger partial charge >= 0.3 is 0 Å². The molecule has 2 aliphatic rings. The Morgan fingerprint density at radius 2 is 2.15 bits per heavy atom. The smallest absolute Gasteiger partial charge is 0.126 e. The third-order valence-corrected chi connectivity index (χ3v) is 4.66. The van der Waals surface area contributed by atoms with Crippen LogP contribution in [0.4, 0.5) is 0 Å². The van der Waals surface area contributed by atoms with Gasteiger partial charge in [0.15, 0.2) is 0 Å². The standard InChI is InChI=1S/C16H21ClO3/c1-10(2)15-9-16(5-6-19-15)8-13(18)12-7-11(17)3-4-14(12)20-16/h3-4,7,10,13,15,18H,5-6,8-9H2,1-2H3/t13-,15?,16?/m0/s1. The van der Waals surface area contributed by atoms with E-state index in [4.69, 9.17) is 21.1 Å². The molecule has 0 radical (unpaired) electrons. The Labute approximate surface area is 124 Å². The zero-order valence-electron chi connectivity index (χ0n) is 11.9. The molecule has 0 saturated carbocycles. The van der Waals surface area contributed by atoms with E-state index in [-0.39, 0.29) is 11.7 Å². The van der Waals surface area contributed by atoms with Gasteiger partial charge in [0.25, 0.3) is 0 Å². The number of ether oxygens (including phenoxy) is 2. The molecule has 0 aliphatic carbocycles. The Bertz CT molecular complexity index is 502. The number of rotatable bonds is 1. The molecule has 2 heterocycles. The van der Waals surface area contributed by atoms with Gasteiger partial charge in [0.1, 0.15) is 11.4 Å². The van der Waals surface area contributed by atoms with Crippen LogP contribution in [0.15, 0.2) is 18.2 Å². The fourth-order valence-corrected chi connectivity index (χ4v) is 3.42. The summed E-state index contributed by atoms with van der Waals surface area (Å²) in [4.78, 5) is 0. The molecule has 110 valence electrons. The molecule has 3 atom stereocenters. The molecule has 4 heteroatoms. The molecular formula is C16H21ClO3. The van der Waals surface area contributed by atoms with Crippen molar-refractivity contribution in [3.63, 3.8) is 0 Å². The predicted molar refractivity (Wildman–Crippen MR) is 78.2 cm³/mol. The highest BCUT2D eigenvalue weighted by molar-refractivity contribution is 6.30. The molecule has 1 saturated heterocycles. The van der Waals surface area contributed by atoms with Crippen LogP contribution in [0.3, 0.4) is 0 Å². The van der Waals surface area contributed by atoms with Crippen molar-refractivity contribution in [1.82, 2.24) is 0 Å². The molecule has 0 amide bonds. The molecular weight excluding hydrogens is 276 g/mol. The van der Waals surface area contributed by atoms with Gasteiger partial charge in [-0.25, -0.2) is 0 Å². The van der Waals surface area contributed by atoms with Crippen molar-refractivity contribution in [2.24, 2.45) is 5.92 Å². The Kier molecular flexibility index (Phi) is 3.69. The number of fused-ring (bicyclic) bond motifs is 1. The lowest BCUT2D eigenvalue weighted by Gasteiger charge is -2.46. The van der Waals surface area contributed by atoms with Gasteiger partial charge in [-0.3, -0.25) is 0 Å². The monoisotopic (exact) mass is 296 g/mol. The second kappa shape index (κ2) is 5.21. The zero-order chi connectivity index (χ0) is 14.3. The lowest BCUT2D eigenvalue weighted by molar-refractivity contribution is -0.127. The van der Waals surface area contributed by atoms with Gasteiger partial charge in [-0.1, -0.05) is 25.4 Å². The molecule has 0 aromatic heterocycles. The number of aliphatic hydroxyl groups is 1. The van der Waals surface area contributed by atoms with Gasteiger partial charge in [-0.05, 0) is 24.1 Å². The SMILES string of the molecule is CC(C)C1CC2(CCO1)C[C@H](O)c1cc(Cl)ccc1O2. The Morgan fingerprint density at radius 1 is 1.35 bits per heavy atom. The molecule has 1 aromatic rings. The predicted octanol–water partition coefficient (Wildman–Crippen LogP) is 3.73. The summed E-state index contributed by atoms with van der Waals surface area (Å²) < 4.78 is 12.1. The van der Waals surface area contributed by atoms with Crippen molar-refractivity contribution >= 4 is 11.6 Å². The number of hydrogen-bond donors (Lipinski definition) is 1. The number of benzene rings is 1. The van der Waals surface area contributed by atoms with E-state index in [0.29, 0.717) is 24.0 Å². The maximum absolute atomic E-state index is 10.4. The van der Waals surface area contributed by atoms with E-state index in [1.54, 1.807) is 6.07 Å². The Balaban J connectivity index is 1.88. The van der Waals surface area contributed by atoms with E-state index in [2.05, 4.69) is 13.8 Å². The zero-order valence-corrected chi connectivity index (χ0v) is 12.7. The molecule has 2 aliphatic heterocycles. The molecule has 0 bridgehead atoms. The van der Waals surface area contributed by atoms with Crippen molar-refractivity contribution in [3.8, 4) is 5.75 Å². The van der Waals surface area contributed by atoms with Crippen LogP contribution in [0.1, 0.15) is 44.8 Å². The fourth-order valence-electron chi connectivity index (χ4n) is 3.24. The lowest BCUT2D eigenvalue weighted by Crippen LogP contribution is -2.49. The van der Waals surface area contributed by atoms with Crippen molar-refractivity contribution in [1.29, 1.82) is 0 Å². The highest BCUT2D eigenvalue weighted by atomic mass is 35.5. The van der Waals surface area contributed by atoms with E-state index in [1.165, 1.54) is 0 Å². The van der Waals surface area contributed by atoms with E-state index in [1.807, 2.05) is 12.1 Å². The number of aliphatic hydroxyl groups excluding tert-OH is 1. The quantitative estimate of drug-likeness (QED) is 0.858. The van der Waals surface area contributed by atoms with E-state index < -0.39 is 6.10 Å². The minimum atomic E-state index is -0.511. The summed E-state index contributed by atoms with van der Waals surface area (Å²) in [6.45, 7) is 5.02. The first kappa shape index (κ1) is 14.2. The summed E-state index contributed by atoms with van der Waals surface area (Å²) in [7, 11) is 0. The van der Waals surface area contributed by atoms with Crippen LogP contribution in [-0.2, 0) is 4.74 Å². The Morgan fingerprint density at radius 3 is 2.90 bits per heavy atom. The summed E-state index contributed by atoms with van der Waals surface area (Å²) in [5, 5.41) is 11.1. The first-order chi connectivity index (χ1) is 9.49. The van der Waals surface area contributed by atoms with Gasteiger partial charge in [-0.15, -0.1) is 0 Å². The van der Waals surface area contributed by atoms with Gasteiger partial charge in [-0.2, -0.15) is 0 Å². The first-order valence-electron chi connectivity index (χ1n) is 7.27. The number of hydrogen-bond acceptors (Lipinski definition) is 3. The van der Waals surface area contributed by atoms with Crippen molar-refractivity contribution in [3.05, 3.63) is 28.8 Å². The minimum absolute atomic E-state index is 0.199. The molecule has 3 nitrogen and oxygen atoms in total. The van der Waals surface area contributed by atoms with E-state index in [0.717, 1.165) is 24.2 Å². The summed E-state index contributed by atoms with van der Waals surface area (Å²) in [6, 6.07) is 5.47. The van der Waals surface area contributed by atoms with Crippen LogP contribution in [0.5, 0.6) is 5.75 Å². The maximum atomic E-state index is 10.4. The summed E-state index contributed by atoms with van der Waals surface area (Å²) in [6.07, 6.45) is 1.97. The summed E-state index contributed by atoms with van der Waals surface area (Å²) in [5.41, 5.74) is 0.503. The van der Waals surface area contributed by atoms with Gasteiger partial charge in [0.05, 0.1) is 18.8 Å². The minimum Gasteiger partial charge on any atom is -0.487 e. The molecule has 3 rings (SSSR count). The largest absolute Gasteiger partial charge is 0.487 e. The average molecular weight is 297 g/mol. The van der Waals surface area contributed by atoms with Crippen LogP contribution in [-0.4, -0.2) is 23.4 Å². The highest BCUT2D eigenvalue weighted by Crippen LogP contribution is 2.46. The number of halogens is 1. The van der Waals surface area contributed by atoms with Crippen molar-refractivity contribution in [2.75, 3.05) is 6.61 Å². The van der Waals surface area contributed by atoms with E-state index in [9.17, 15) is 5.11 Å². The molecule has 2 unspecified atom stereocenters. The summed E-state index contributed by atoms with van der Waals surface area (Å²) in [5.74, 6) is 1.22. The van der Waals surface area contributed by atoms with Crippen LogP contribution >= 0.6 is 11.6 Å². The van der Waals surface area contributed by atoms with E-state index >= 15 is 0 Å². The van der Waals surface area contributed by atoms with Gasteiger partial charge in [0, 0.05) is 29.8 Å². The normalized spacial score (nSPS) is 33.0. The molecule has 20 heavy (non-hydrogen) atoms. The molecule has 1 aromatic carbocycles. The van der Waals surface area contributed by atoms with Crippen molar-refractivity contribution in [2.45, 2.75) is 50.9 Å². The molecule has 1 fully saturated rings. The lowest BCUT2D eigenvalue weighted by atomic mass is 9.79.